The minimum Gasteiger partial charge on any atom is -0.506 e. The van der Waals surface area contributed by atoms with Crippen LogP contribution in [0.5, 0.6) is 5.75 Å². The minimum atomic E-state index is -0.196. The van der Waals surface area contributed by atoms with E-state index in [9.17, 15) is 5.11 Å². The van der Waals surface area contributed by atoms with Crippen molar-refractivity contribution in [2.75, 3.05) is 6.61 Å². The number of hydrogen-bond donors (Lipinski definition) is 2. The van der Waals surface area contributed by atoms with Gasteiger partial charge in [-0.15, -0.1) is 0 Å². The lowest BCUT2D eigenvalue weighted by molar-refractivity contribution is 0.159. The summed E-state index contributed by atoms with van der Waals surface area (Å²) in [5.41, 5.74) is 0.663. The van der Waals surface area contributed by atoms with Crippen molar-refractivity contribution in [3.05, 3.63) is 28.2 Å². The van der Waals surface area contributed by atoms with Gasteiger partial charge >= 0.3 is 0 Å². The molecule has 0 aliphatic carbocycles. The van der Waals surface area contributed by atoms with E-state index in [0.29, 0.717) is 10.9 Å². The zero-order valence-electron chi connectivity index (χ0n) is 8.42. The van der Waals surface area contributed by atoms with E-state index in [0.717, 1.165) is 5.56 Å². The standard InChI is InChI=1S/C11H15BrO2/c1-11(2,7-13)6-8-4-3-5-9(12)10(8)14/h3-5,13-14H,6-7H2,1-2H3. The highest BCUT2D eigenvalue weighted by Gasteiger charge is 2.19. The van der Waals surface area contributed by atoms with Crippen LogP contribution in [0.1, 0.15) is 19.4 Å². The number of rotatable bonds is 3. The lowest BCUT2D eigenvalue weighted by Crippen LogP contribution is -2.19. The van der Waals surface area contributed by atoms with E-state index in [4.69, 9.17) is 5.11 Å². The van der Waals surface area contributed by atoms with Crippen molar-refractivity contribution in [3.63, 3.8) is 0 Å². The summed E-state index contributed by atoms with van der Waals surface area (Å²) in [6.07, 6.45) is 0.661. The van der Waals surface area contributed by atoms with Gasteiger partial charge in [0.2, 0.25) is 0 Å². The first-order chi connectivity index (χ1) is 6.46. The summed E-state index contributed by atoms with van der Waals surface area (Å²) < 4.78 is 0.698. The van der Waals surface area contributed by atoms with E-state index in [2.05, 4.69) is 15.9 Å². The average Bonchev–Trinajstić information content (AvgIpc) is 2.13. The van der Waals surface area contributed by atoms with Gasteiger partial charge in [-0.3, -0.25) is 0 Å². The van der Waals surface area contributed by atoms with Crippen molar-refractivity contribution in [2.24, 2.45) is 5.41 Å². The van der Waals surface area contributed by atoms with E-state index in [-0.39, 0.29) is 17.8 Å². The molecule has 0 amide bonds. The fourth-order valence-corrected chi connectivity index (χ4v) is 1.68. The van der Waals surface area contributed by atoms with Gasteiger partial charge in [-0.05, 0) is 39.4 Å². The molecule has 0 saturated heterocycles. The van der Waals surface area contributed by atoms with E-state index in [1.807, 2.05) is 26.0 Å². The van der Waals surface area contributed by atoms with Crippen LogP contribution in [0.25, 0.3) is 0 Å². The van der Waals surface area contributed by atoms with Crippen molar-refractivity contribution in [3.8, 4) is 5.75 Å². The topological polar surface area (TPSA) is 40.5 Å². The molecule has 0 heterocycles. The van der Waals surface area contributed by atoms with E-state index in [1.54, 1.807) is 6.07 Å². The number of phenols is 1. The van der Waals surface area contributed by atoms with Gasteiger partial charge in [0.1, 0.15) is 5.75 Å². The lowest BCUT2D eigenvalue weighted by Gasteiger charge is -2.22. The van der Waals surface area contributed by atoms with Crippen LogP contribution < -0.4 is 0 Å². The number of halogens is 1. The van der Waals surface area contributed by atoms with Crippen LogP contribution in [-0.4, -0.2) is 16.8 Å². The van der Waals surface area contributed by atoms with Gasteiger partial charge in [0, 0.05) is 6.61 Å². The zero-order valence-corrected chi connectivity index (χ0v) is 10.0. The summed E-state index contributed by atoms with van der Waals surface area (Å²) in [7, 11) is 0. The first kappa shape index (κ1) is 11.5. The van der Waals surface area contributed by atoms with Crippen molar-refractivity contribution in [2.45, 2.75) is 20.3 Å². The van der Waals surface area contributed by atoms with Gasteiger partial charge in [0.25, 0.3) is 0 Å². The van der Waals surface area contributed by atoms with Crippen molar-refractivity contribution in [1.82, 2.24) is 0 Å². The van der Waals surface area contributed by atoms with Gasteiger partial charge in [-0.2, -0.15) is 0 Å². The minimum absolute atomic E-state index is 0.110. The molecule has 0 atom stereocenters. The molecule has 0 bridgehead atoms. The molecule has 0 aliphatic rings. The van der Waals surface area contributed by atoms with Crippen LogP contribution in [0, 0.1) is 5.41 Å². The molecule has 0 aromatic heterocycles. The molecule has 0 fully saturated rings. The molecule has 0 radical (unpaired) electrons. The van der Waals surface area contributed by atoms with Crippen LogP contribution >= 0.6 is 15.9 Å². The van der Waals surface area contributed by atoms with Crippen molar-refractivity contribution >= 4 is 15.9 Å². The SMILES string of the molecule is CC(C)(CO)Cc1cccc(Br)c1O. The van der Waals surface area contributed by atoms with E-state index < -0.39 is 0 Å². The van der Waals surface area contributed by atoms with Crippen LogP contribution in [0.15, 0.2) is 22.7 Å². The first-order valence-corrected chi connectivity index (χ1v) is 5.33. The highest BCUT2D eigenvalue weighted by Crippen LogP contribution is 2.32. The van der Waals surface area contributed by atoms with Gasteiger partial charge in [-0.1, -0.05) is 26.0 Å². The maximum absolute atomic E-state index is 9.73. The number of benzene rings is 1. The second kappa shape index (κ2) is 4.32. The second-order valence-electron chi connectivity index (χ2n) is 4.25. The molecule has 1 aromatic rings. The molecule has 0 saturated carbocycles. The third-order valence-electron chi connectivity index (χ3n) is 2.17. The summed E-state index contributed by atoms with van der Waals surface area (Å²) in [6.45, 7) is 4.04. The molecule has 0 spiro atoms. The number of phenolic OH excluding ortho intramolecular Hbond substituents is 1. The first-order valence-electron chi connectivity index (χ1n) is 4.53. The van der Waals surface area contributed by atoms with E-state index >= 15 is 0 Å². The third kappa shape index (κ3) is 2.72. The number of aliphatic hydroxyl groups is 1. The fourth-order valence-electron chi connectivity index (χ4n) is 1.27. The van der Waals surface area contributed by atoms with Gasteiger partial charge in [0.15, 0.2) is 0 Å². The van der Waals surface area contributed by atoms with Crippen LogP contribution in [0.2, 0.25) is 0 Å². The molecule has 3 heteroatoms. The molecule has 1 aromatic carbocycles. The number of hydrogen-bond acceptors (Lipinski definition) is 2. The quantitative estimate of drug-likeness (QED) is 0.876. The Balaban J connectivity index is 2.92. The predicted molar refractivity (Wildman–Crippen MR) is 60.4 cm³/mol. The molecular formula is C11H15BrO2. The summed E-state index contributed by atoms with van der Waals surface area (Å²) >= 11 is 3.26. The van der Waals surface area contributed by atoms with Gasteiger partial charge < -0.3 is 10.2 Å². The Kier molecular flexibility index (Phi) is 3.56. The number of para-hydroxylation sites is 1. The highest BCUT2D eigenvalue weighted by atomic mass is 79.9. The fraction of sp³-hybridized carbons (Fsp3) is 0.455. The molecule has 1 rings (SSSR count). The highest BCUT2D eigenvalue weighted by molar-refractivity contribution is 9.10. The molecule has 2 N–H and O–H groups in total. The zero-order chi connectivity index (χ0) is 10.8. The average molecular weight is 259 g/mol. The van der Waals surface area contributed by atoms with Gasteiger partial charge in [-0.25, -0.2) is 0 Å². The Hall–Kier alpha value is -0.540. The number of aromatic hydroxyl groups is 1. The van der Waals surface area contributed by atoms with Crippen LogP contribution in [0.4, 0.5) is 0 Å². The summed E-state index contributed by atoms with van der Waals surface area (Å²) in [5.74, 6) is 0.272. The van der Waals surface area contributed by atoms with Crippen LogP contribution in [-0.2, 0) is 6.42 Å². The molecule has 0 aliphatic heterocycles. The monoisotopic (exact) mass is 258 g/mol. The second-order valence-corrected chi connectivity index (χ2v) is 5.10. The van der Waals surface area contributed by atoms with Crippen molar-refractivity contribution < 1.29 is 10.2 Å². The Morgan fingerprint density at radius 1 is 1.36 bits per heavy atom. The summed E-state index contributed by atoms with van der Waals surface area (Å²) in [6, 6.07) is 5.55. The Morgan fingerprint density at radius 2 is 2.00 bits per heavy atom. The number of aliphatic hydroxyl groups excluding tert-OH is 1. The lowest BCUT2D eigenvalue weighted by atomic mass is 9.86. The Bertz CT molecular complexity index is 321. The third-order valence-corrected chi connectivity index (χ3v) is 2.81. The van der Waals surface area contributed by atoms with Crippen LogP contribution in [0.3, 0.4) is 0 Å². The molecule has 0 unspecified atom stereocenters. The smallest absolute Gasteiger partial charge is 0.132 e. The normalized spacial score (nSPS) is 11.7. The molecule has 14 heavy (non-hydrogen) atoms. The molecular weight excluding hydrogens is 244 g/mol. The molecule has 78 valence electrons. The molecule has 2 nitrogen and oxygen atoms in total. The maximum Gasteiger partial charge on any atom is 0.132 e. The largest absolute Gasteiger partial charge is 0.506 e. The Labute approximate surface area is 92.7 Å². The van der Waals surface area contributed by atoms with E-state index in [1.165, 1.54) is 0 Å². The van der Waals surface area contributed by atoms with Gasteiger partial charge in [0.05, 0.1) is 4.47 Å². The maximum atomic E-state index is 9.73. The Morgan fingerprint density at radius 3 is 2.57 bits per heavy atom. The summed E-state index contributed by atoms with van der Waals surface area (Å²) in [5, 5.41) is 18.9. The van der Waals surface area contributed by atoms with Crippen molar-refractivity contribution in [1.29, 1.82) is 0 Å². The summed E-state index contributed by atoms with van der Waals surface area (Å²) in [4.78, 5) is 0. The predicted octanol–water partition coefficient (Wildman–Crippen LogP) is 2.72.